The average molecular weight is 355 g/mol. The van der Waals surface area contributed by atoms with Crippen LogP contribution in [-0.4, -0.2) is 36.9 Å². The van der Waals surface area contributed by atoms with Crippen molar-refractivity contribution in [2.45, 2.75) is 59.9 Å². The summed E-state index contributed by atoms with van der Waals surface area (Å²) in [5.41, 5.74) is 2.35. The summed E-state index contributed by atoms with van der Waals surface area (Å²) in [5, 5.41) is 0. The number of aromatic nitrogens is 4. The molecule has 0 aliphatic carbocycles. The Hall–Kier alpha value is -2.24. The number of piperidine rings is 1. The summed E-state index contributed by atoms with van der Waals surface area (Å²) < 4.78 is 2.03. The van der Waals surface area contributed by atoms with Crippen molar-refractivity contribution in [2.24, 2.45) is 12.5 Å². The molecule has 0 spiro atoms. The van der Waals surface area contributed by atoms with E-state index in [0.717, 1.165) is 54.5 Å². The van der Waals surface area contributed by atoms with Crippen LogP contribution in [0.15, 0.2) is 12.3 Å². The van der Waals surface area contributed by atoms with Gasteiger partial charge in [-0.15, -0.1) is 0 Å². The lowest BCUT2D eigenvalue weighted by Gasteiger charge is -2.38. The third-order valence-corrected chi connectivity index (χ3v) is 5.06. The molecule has 26 heavy (non-hydrogen) atoms. The number of carbonyl (C=O) groups is 1. The van der Waals surface area contributed by atoms with Crippen molar-refractivity contribution in [3.63, 3.8) is 0 Å². The van der Waals surface area contributed by atoms with Gasteiger partial charge in [0.05, 0.1) is 23.6 Å². The van der Waals surface area contributed by atoms with Crippen LogP contribution < -0.4 is 0 Å². The molecule has 1 aliphatic heterocycles. The van der Waals surface area contributed by atoms with Crippen molar-refractivity contribution in [3.8, 4) is 11.4 Å². The van der Waals surface area contributed by atoms with Crippen LogP contribution in [0.4, 0.5) is 0 Å². The lowest BCUT2D eigenvalue weighted by atomic mass is 9.91. The number of carbonyl (C=O) groups excluding carboxylic acids is 1. The second-order valence-corrected chi connectivity index (χ2v) is 8.26. The number of amides is 1. The van der Waals surface area contributed by atoms with Crippen molar-refractivity contribution in [2.75, 3.05) is 6.54 Å². The van der Waals surface area contributed by atoms with E-state index < -0.39 is 5.41 Å². The SMILES string of the molecule is Cc1cc(-c2cnc(C)n2C)nc([C@H]2CCCCN2C(=O)C(C)(C)C)n1. The molecule has 0 unspecified atom stereocenters. The van der Waals surface area contributed by atoms with Crippen LogP contribution in [0, 0.1) is 19.3 Å². The topological polar surface area (TPSA) is 63.9 Å². The standard InChI is InChI=1S/C20H29N5O/c1-13-11-15(17-12-21-14(2)24(17)6)23-18(22-13)16-9-7-8-10-25(16)19(26)20(3,4)5/h11-12,16H,7-10H2,1-6H3/t16-/m1/s1. The van der Waals surface area contributed by atoms with Gasteiger partial charge in [0.25, 0.3) is 0 Å². The number of rotatable bonds is 2. The maximum Gasteiger partial charge on any atom is 0.228 e. The van der Waals surface area contributed by atoms with Crippen LogP contribution in [0.2, 0.25) is 0 Å². The summed E-state index contributed by atoms with van der Waals surface area (Å²) in [4.78, 5) is 28.9. The minimum atomic E-state index is -0.401. The molecule has 1 amide bonds. The van der Waals surface area contributed by atoms with Gasteiger partial charge in [0.1, 0.15) is 5.82 Å². The predicted molar refractivity (Wildman–Crippen MR) is 101 cm³/mol. The smallest absolute Gasteiger partial charge is 0.228 e. The Bertz CT molecular complexity index is 818. The lowest BCUT2D eigenvalue weighted by molar-refractivity contribution is -0.143. The Morgan fingerprint density at radius 1 is 1.19 bits per heavy atom. The molecule has 6 nitrogen and oxygen atoms in total. The molecule has 3 rings (SSSR count). The van der Waals surface area contributed by atoms with Gasteiger partial charge in [-0.3, -0.25) is 4.79 Å². The summed E-state index contributed by atoms with van der Waals surface area (Å²) in [7, 11) is 1.99. The first kappa shape index (κ1) is 18.5. The molecule has 1 saturated heterocycles. The van der Waals surface area contributed by atoms with E-state index in [9.17, 15) is 4.79 Å². The van der Waals surface area contributed by atoms with Crippen LogP contribution >= 0.6 is 0 Å². The molecule has 1 atom stereocenters. The van der Waals surface area contributed by atoms with Gasteiger partial charge in [0.15, 0.2) is 5.82 Å². The molecule has 0 bridgehead atoms. The van der Waals surface area contributed by atoms with Gasteiger partial charge in [-0.05, 0) is 39.2 Å². The number of nitrogens with zero attached hydrogens (tertiary/aromatic N) is 5. The van der Waals surface area contributed by atoms with Crippen molar-refractivity contribution >= 4 is 5.91 Å². The second kappa shape index (κ2) is 6.82. The molecule has 0 N–H and O–H groups in total. The molecule has 140 valence electrons. The largest absolute Gasteiger partial charge is 0.332 e. The molecule has 1 aliphatic rings. The van der Waals surface area contributed by atoms with Crippen LogP contribution in [0.1, 0.15) is 63.4 Å². The lowest BCUT2D eigenvalue weighted by Crippen LogP contribution is -2.44. The zero-order valence-corrected chi connectivity index (χ0v) is 16.7. The summed E-state index contributed by atoms with van der Waals surface area (Å²) in [6, 6.07) is 1.93. The maximum atomic E-state index is 13.0. The molecule has 2 aromatic heterocycles. The molecule has 1 fully saturated rings. The highest BCUT2D eigenvalue weighted by Crippen LogP contribution is 2.33. The fourth-order valence-electron chi connectivity index (χ4n) is 3.49. The normalized spacial score (nSPS) is 18.2. The first-order valence-corrected chi connectivity index (χ1v) is 9.34. The highest BCUT2D eigenvalue weighted by atomic mass is 16.2. The fourth-order valence-corrected chi connectivity index (χ4v) is 3.49. The molecule has 6 heteroatoms. The van der Waals surface area contributed by atoms with E-state index in [1.165, 1.54) is 0 Å². The predicted octanol–water partition coefficient (Wildman–Crippen LogP) is 3.59. The first-order chi connectivity index (χ1) is 12.2. The van der Waals surface area contributed by atoms with Gasteiger partial charge in [0.2, 0.25) is 5.91 Å². The van der Waals surface area contributed by atoms with Crippen LogP contribution in [0.3, 0.4) is 0 Å². The Kier molecular flexibility index (Phi) is 4.86. The second-order valence-electron chi connectivity index (χ2n) is 8.26. The zero-order chi connectivity index (χ0) is 19.1. The third-order valence-electron chi connectivity index (χ3n) is 5.06. The maximum absolute atomic E-state index is 13.0. The molecule has 0 aromatic carbocycles. The quantitative estimate of drug-likeness (QED) is 0.826. The van der Waals surface area contributed by atoms with Gasteiger partial charge >= 0.3 is 0 Å². The van der Waals surface area contributed by atoms with E-state index in [2.05, 4.69) is 4.98 Å². The van der Waals surface area contributed by atoms with Gasteiger partial charge in [-0.25, -0.2) is 15.0 Å². The minimum Gasteiger partial charge on any atom is -0.332 e. The van der Waals surface area contributed by atoms with Crippen molar-refractivity contribution < 1.29 is 4.79 Å². The van der Waals surface area contributed by atoms with E-state index in [1.807, 2.05) is 63.4 Å². The first-order valence-electron chi connectivity index (χ1n) is 9.34. The van der Waals surface area contributed by atoms with Gasteiger partial charge < -0.3 is 9.47 Å². The van der Waals surface area contributed by atoms with E-state index >= 15 is 0 Å². The third kappa shape index (κ3) is 3.50. The highest BCUT2D eigenvalue weighted by Gasteiger charge is 2.35. The van der Waals surface area contributed by atoms with Crippen LogP contribution in [0.5, 0.6) is 0 Å². The van der Waals surface area contributed by atoms with Gasteiger partial charge in [-0.2, -0.15) is 0 Å². The summed E-state index contributed by atoms with van der Waals surface area (Å²) in [5.74, 6) is 1.86. The Morgan fingerprint density at radius 2 is 1.92 bits per heavy atom. The van der Waals surface area contributed by atoms with E-state index in [0.29, 0.717) is 0 Å². The van der Waals surface area contributed by atoms with E-state index in [4.69, 9.17) is 9.97 Å². The van der Waals surface area contributed by atoms with Gasteiger partial charge in [-0.1, -0.05) is 20.8 Å². The van der Waals surface area contributed by atoms with Crippen molar-refractivity contribution in [1.82, 2.24) is 24.4 Å². The monoisotopic (exact) mass is 355 g/mol. The molecule has 2 aromatic rings. The van der Waals surface area contributed by atoms with Crippen LogP contribution in [-0.2, 0) is 11.8 Å². The van der Waals surface area contributed by atoms with E-state index in [-0.39, 0.29) is 11.9 Å². The Balaban J connectivity index is 2.02. The van der Waals surface area contributed by atoms with Crippen molar-refractivity contribution in [3.05, 3.63) is 29.6 Å². The van der Waals surface area contributed by atoms with E-state index in [1.54, 1.807) is 0 Å². The number of hydrogen-bond donors (Lipinski definition) is 0. The fraction of sp³-hybridized carbons (Fsp3) is 0.600. The molecule has 3 heterocycles. The minimum absolute atomic E-state index is 0.0524. The average Bonchev–Trinajstić information content (AvgIpc) is 2.92. The number of imidazole rings is 1. The summed E-state index contributed by atoms with van der Waals surface area (Å²) in [6.45, 7) is 10.7. The molecule has 0 radical (unpaired) electrons. The van der Waals surface area contributed by atoms with Crippen molar-refractivity contribution in [1.29, 1.82) is 0 Å². The molecular weight excluding hydrogens is 326 g/mol. The number of hydrogen-bond acceptors (Lipinski definition) is 4. The van der Waals surface area contributed by atoms with Gasteiger partial charge in [0, 0.05) is 24.7 Å². The zero-order valence-electron chi connectivity index (χ0n) is 16.7. The number of aryl methyl sites for hydroxylation is 2. The summed E-state index contributed by atoms with van der Waals surface area (Å²) >= 11 is 0. The Morgan fingerprint density at radius 3 is 2.54 bits per heavy atom. The number of likely N-dealkylation sites (tertiary alicyclic amines) is 1. The highest BCUT2D eigenvalue weighted by molar-refractivity contribution is 5.82. The molecule has 0 saturated carbocycles. The van der Waals surface area contributed by atoms with Crippen LogP contribution in [0.25, 0.3) is 11.4 Å². The molecular formula is C20H29N5O. The Labute approximate surface area is 155 Å². The summed E-state index contributed by atoms with van der Waals surface area (Å²) in [6.07, 6.45) is 4.89.